The zero-order valence-electron chi connectivity index (χ0n) is 21.8. The molecule has 0 saturated heterocycles. The molecule has 3 aromatic rings. The van der Waals surface area contributed by atoms with Crippen LogP contribution >= 0.6 is 9.69 Å². The van der Waals surface area contributed by atoms with Crippen molar-refractivity contribution in [3.8, 4) is 16.9 Å². The number of aryl methyl sites for hydroxylation is 1. The Kier molecular flexibility index (Phi) is 8.34. The van der Waals surface area contributed by atoms with Gasteiger partial charge in [-0.05, 0) is 50.1 Å². The fourth-order valence-electron chi connectivity index (χ4n) is 4.59. The number of hydrogen-bond acceptors (Lipinski definition) is 2. The molecule has 4 heteroatoms. The fourth-order valence-corrected chi connectivity index (χ4v) is 4.59. The molecule has 0 aromatic heterocycles. The maximum atomic E-state index is 5.96. The van der Waals surface area contributed by atoms with Gasteiger partial charge in [0.15, 0.2) is 6.79 Å². The second kappa shape index (κ2) is 10.5. The molecule has 0 saturated carbocycles. The van der Waals surface area contributed by atoms with Crippen molar-refractivity contribution in [3.63, 3.8) is 0 Å². The molecule has 0 fully saturated rings. The first kappa shape index (κ1) is 26.9. The topological polar surface area (TPSA) is 18.5 Å². The van der Waals surface area contributed by atoms with Crippen LogP contribution in [0.1, 0.15) is 80.8 Å². The predicted molar refractivity (Wildman–Crippen MR) is 139 cm³/mol. The van der Waals surface area contributed by atoms with Crippen LogP contribution in [0.3, 0.4) is 0 Å². The second-order valence-corrected chi connectivity index (χ2v) is 11.0. The number of benzene rings is 3. The first-order valence-electron chi connectivity index (χ1n) is 11.7. The summed E-state index contributed by atoms with van der Waals surface area (Å²) < 4.78 is 11.2. The number of halogens is 1. The molecule has 0 bridgehead atoms. The summed E-state index contributed by atoms with van der Waals surface area (Å²) in [6, 6.07) is 21.6. The van der Waals surface area contributed by atoms with Gasteiger partial charge in [-0.1, -0.05) is 84.9 Å². The summed E-state index contributed by atoms with van der Waals surface area (Å²) in [5.74, 6) is 0.882. The van der Waals surface area contributed by atoms with E-state index in [4.69, 9.17) is 19.2 Å². The van der Waals surface area contributed by atoms with Gasteiger partial charge in [0.1, 0.15) is 0 Å². The van der Waals surface area contributed by atoms with Crippen molar-refractivity contribution in [3.05, 3.63) is 88.0 Å². The Morgan fingerprint density at radius 2 is 1.32 bits per heavy atom. The summed E-state index contributed by atoms with van der Waals surface area (Å²) in [5.41, 5.74) is 10.6. The van der Waals surface area contributed by atoms with E-state index in [1.54, 1.807) is 7.11 Å². The van der Waals surface area contributed by atoms with E-state index in [0.717, 1.165) is 28.6 Å². The average molecular weight is 528 g/mol. The molecule has 0 radical (unpaired) electrons. The Balaban J connectivity index is 0.00000158. The summed E-state index contributed by atoms with van der Waals surface area (Å²) in [6.45, 7) is 16.0. The number of fused-ring (bicyclic) bond motifs is 3. The van der Waals surface area contributed by atoms with E-state index >= 15 is 0 Å². The van der Waals surface area contributed by atoms with E-state index in [1.165, 1.54) is 38.9 Å². The molecule has 3 aromatic carbocycles. The monoisotopic (exact) mass is 526 g/mol. The van der Waals surface area contributed by atoms with Crippen molar-refractivity contribution >= 4 is 9.69 Å². The quantitative estimate of drug-likeness (QED) is 0.151. The molecule has 0 N–H and O–H groups in total. The Morgan fingerprint density at radius 1 is 0.824 bits per heavy atom. The molecule has 0 amide bonds. The number of methoxy groups -OCH3 is 1. The van der Waals surface area contributed by atoms with Crippen LogP contribution in [0.4, 0.5) is 0 Å². The second-order valence-electron chi connectivity index (χ2n) is 11.0. The van der Waals surface area contributed by atoms with Crippen molar-refractivity contribution in [2.24, 2.45) is 0 Å². The van der Waals surface area contributed by atoms with Gasteiger partial charge in [-0.15, -0.1) is 11.6 Å². The standard InChI is InChI=1S/C30H35O2.ClH.Zn/c1-19-9-14-27(32-18-31-8)26(15-19)28-22-12-10-20(29(2,3)4)16-24(22)25-17-21(30(5,6)7)11-13-23(25)28;;/h9-13,15-17,28H,18H2,1-8H3;1H;/q-1;;+2/p-1. The van der Waals surface area contributed by atoms with Gasteiger partial charge in [0.05, 0.1) is 0 Å². The zero-order valence-corrected chi connectivity index (χ0v) is 25.5. The van der Waals surface area contributed by atoms with Gasteiger partial charge >= 0.3 is 27.0 Å². The molecule has 0 spiro atoms. The minimum absolute atomic E-state index is 0.0960. The summed E-state index contributed by atoms with van der Waals surface area (Å²) in [4.78, 5) is 0. The van der Waals surface area contributed by atoms with Crippen LogP contribution in [-0.4, -0.2) is 13.9 Å². The maximum absolute atomic E-state index is 5.96. The molecule has 1 aliphatic rings. The molecule has 2 nitrogen and oxygen atoms in total. The first-order valence-corrected chi connectivity index (χ1v) is 15.6. The first-order chi connectivity index (χ1) is 16.0. The Labute approximate surface area is 219 Å². The van der Waals surface area contributed by atoms with Gasteiger partial charge in [-0.25, -0.2) is 0 Å². The SMILES string of the molecule is COCOc1[c-]cc(C)cc1C1c2ccc(C(C)(C)C)cc2-c2cc(C(C)(C)C)ccc21.[Cl][Zn+]. The summed E-state index contributed by atoms with van der Waals surface area (Å²) in [5, 5.41) is 0. The van der Waals surface area contributed by atoms with Gasteiger partial charge in [0.25, 0.3) is 0 Å². The average Bonchev–Trinajstić information content (AvgIpc) is 3.11. The van der Waals surface area contributed by atoms with Crippen molar-refractivity contribution in [1.29, 1.82) is 0 Å². The zero-order chi connectivity index (χ0) is 25.3. The summed E-state index contributed by atoms with van der Waals surface area (Å²) in [7, 11) is 6.41. The minimum atomic E-state index is 0.0960. The third-order valence-corrected chi connectivity index (χ3v) is 6.46. The van der Waals surface area contributed by atoms with E-state index in [2.05, 4.69) is 97.0 Å². The van der Waals surface area contributed by atoms with Crippen molar-refractivity contribution in [2.75, 3.05) is 13.9 Å². The van der Waals surface area contributed by atoms with E-state index in [0.29, 0.717) is 0 Å². The molecule has 0 aliphatic heterocycles. The van der Waals surface area contributed by atoms with Crippen LogP contribution in [-0.2, 0) is 32.9 Å². The van der Waals surface area contributed by atoms with Crippen LogP contribution in [0.2, 0.25) is 0 Å². The predicted octanol–water partition coefficient (Wildman–Crippen LogP) is 8.22. The molecule has 0 heterocycles. The summed E-state index contributed by atoms with van der Waals surface area (Å²) in [6.07, 6.45) is 0. The molecule has 0 unspecified atom stereocenters. The molecule has 4 rings (SSSR count). The van der Waals surface area contributed by atoms with Crippen LogP contribution < -0.4 is 4.74 Å². The Hall–Kier alpha value is -1.67. The normalized spacial score (nSPS) is 13.1. The van der Waals surface area contributed by atoms with Crippen LogP contribution in [0.25, 0.3) is 11.1 Å². The van der Waals surface area contributed by atoms with Gasteiger partial charge in [-0.3, -0.25) is 0 Å². The number of ether oxygens (including phenoxy) is 2. The van der Waals surface area contributed by atoms with Crippen molar-refractivity contribution in [1.82, 2.24) is 0 Å². The molecule has 176 valence electrons. The number of hydrogen-bond donors (Lipinski definition) is 0. The molecule has 1 aliphatic carbocycles. The molecular formula is C30H35ClO2Zn. The van der Waals surface area contributed by atoms with Crippen LogP contribution in [0.5, 0.6) is 5.75 Å². The fraction of sp³-hybridized carbons (Fsp3) is 0.400. The van der Waals surface area contributed by atoms with Gasteiger partial charge in [0, 0.05) is 12.9 Å². The Bertz CT molecular complexity index is 1090. The van der Waals surface area contributed by atoms with Crippen molar-refractivity contribution < 1.29 is 26.8 Å². The Morgan fingerprint density at radius 3 is 1.76 bits per heavy atom. The third kappa shape index (κ3) is 5.43. The summed E-state index contributed by atoms with van der Waals surface area (Å²) >= 11 is 0.847. The molecular weight excluding hydrogens is 493 g/mol. The van der Waals surface area contributed by atoms with E-state index < -0.39 is 0 Å². The van der Waals surface area contributed by atoms with Crippen molar-refractivity contribution in [2.45, 2.75) is 65.2 Å². The number of rotatable bonds is 4. The van der Waals surface area contributed by atoms with Crippen LogP contribution in [0, 0.1) is 13.0 Å². The molecule has 0 atom stereocenters. The third-order valence-electron chi connectivity index (χ3n) is 6.46. The van der Waals surface area contributed by atoms with E-state index in [9.17, 15) is 0 Å². The van der Waals surface area contributed by atoms with Gasteiger partial charge < -0.3 is 9.47 Å². The molecule has 34 heavy (non-hydrogen) atoms. The van der Waals surface area contributed by atoms with E-state index in [-0.39, 0.29) is 23.5 Å². The van der Waals surface area contributed by atoms with E-state index in [1.807, 2.05) is 6.07 Å². The van der Waals surface area contributed by atoms with Crippen LogP contribution in [0.15, 0.2) is 48.5 Å². The van der Waals surface area contributed by atoms with Gasteiger partial charge in [-0.2, -0.15) is 17.7 Å². The van der Waals surface area contributed by atoms with Gasteiger partial charge in [0.2, 0.25) is 0 Å².